The van der Waals surface area contributed by atoms with Gasteiger partial charge in [-0.2, -0.15) is 5.10 Å². The largest absolute Gasteiger partial charge is 0.371 e. The van der Waals surface area contributed by atoms with Crippen molar-refractivity contribution in [1.82, 2.24) is 15.2 Å². The number of benzene rings is 1. The van der Waals surface area contributed by atoms with E-state index >= 15 is 0 Å². The number of fused-ring (bicyclic) bond motifs is 5. The Labute approximate surface area is 181 Å². The second-order valence-corrected chi connectivity index (χ2v) is 8.23. The van der Waals surface area contributed by atoms with Gasteiger partial charge in [0.25, 0.3) is 0 Å². The number of rotatable bonds is 2. The zero-order valence-electron chi connectivity index (χ0n) is 16.2. The molecule has 2 bridgehead atoms. The number of halogens is 3. The summed E-state index contributed by atoms with van der Waals surface area (Å²) < 4.78 is 34.9. The van der Waals surface area contributed by atoms with Crippen molar-refractivity contribution in [2.24, 2.45) is 4.99 Å². The molecule has 1 aromatic carbocycles. The van der Waals surface area contributed by atoms with Crippen LogP contribution < -0.4 is 10.2 Å². The Balaban J connectivity index is 1.46. The molecule has 5 heterocycles. The second-order valence-electron chi connectivity index (χ2n) is 7.87. The SMILES string of the molecule is Fc1cccc(F)c1C1=Nc2c(Cl)n[nH]c2-c2cc(N3CC4CCC(C3)O4)ncc2N1. The molecule has 0 aliphatic carbocycles. The van der Waals surface area contributed by atoms with Gasteiger partial charge >= 0.3 is 0 Å². The molecule has 2 fully saturated rings. The Morgan fingerprint density at radius 1 is 1.13 bits per heavy atom. The van der Waals surface area contributed by atoms with Gasteiger partial charge in [-0.25, -0.2) is 18.8 Å². The lowest BCUT2D eigenvalue weighted by molar-refractivity contribution is 0.0302. The first-order chi connectivity index (χ1) is 15.1. The lowest BCUT2D eigenvalue weighted by atomic mass is 10.1. The number of hydrogen-bond donors (Lipinski definition) is 2. The van der Waals surface area contributed by atoms with Gasteiger partial charge in [-0.15, -0.1) is 0 Å². The summed E-state index contributed by atoms with van der Waals surface area (Å²) in [5, 5.41) is 10.1. The van der Waals surface area contributed by atoms with Crippen LogP contribution in [0.3, 0.4) is 0 Å². The molecule has 2 N–H and O–H groups in total. The molecular formula is C21H17ClF2N6O. The van der Waals surface area contributed by atoms with Crippen molar-refractivity contribution in [3.8, 4) is 11.3 Å². The van der Waals surface area contributed by atoms with Crippen molar-refractivity contribution in [2.75, 3.05) is 23.3 Å². The average Bonchev–Trinajstić information content (AvgIpc) is 3.23. The van der Waals surface area contributed by atoms with Crippen LogP contribution in [-0.2, 0) is 4.74 Å². The van der Waals surface area contributed by atoms with Gasteiger partial charge in [0.05, 0.1) is 35.3 Å². The molecule has 0 saturated carbocycles. The van der Waals surface area contributed by atoms with Crippen molar-refractivity contribution < 1.29 is 13.5 Å². The number of aromatic amines is 1. The minimum absolute atomic E-state index is 0.00198. The van der Waals surface area contributed by atoms with Crippen molar-refractivity contribution in [3.63, 3.8) is 0 Å². The normalized spacial score (nSPS) is 21.8. The number of nitrogens with zero attached hydrogens (tertiary/aromatic N) is 4. The van der Waals surface area contributed by atoms with Crippen LogP contribution in [0.1, 0.15) is 18.4 Å². The third-order valence-electron chi connectivity index (χ3n) is 5.90. The van der Waals surface area contributed by atoms with Crippen LogP contribution in [0.4, 0.5) is 26.0 Å². The van der Waals surface area contributed by atoms with E-state index < -0.39 is 11.6 Å². The summed E-state index contributed by atoms with van der Waals surface area (Å²) in [6, 6.07) is 5.58. The van der Waals surface area contributed by atoms with E-state index in [0.29, 0.717) is 22.6 Å². The van der Waals surface area contributed by atoms with Gasteiger partial charge in [-0.3, -0.25) is 5.10 Å². The van der Waals surface area contributed by atoms with E-state index in [2.05, 4.69) is 30.4 Å². The van der Waals surface area contributed by atoms with E-state index in [-0.39, 0.29) is 28.8 Å². The molecular weight excluding hydrogens is 426 g/mol. The molecule has 158 valence electrons. The Morgan fingerprint density at radius 3 is 2.61 bits per heavy atom. The van der Waals surface area contributed by atoms with Gasteiger partial charge in [0.15, 0.2) is 5.15 Å². The fourth-order valence-electron chi connectivity index (χ4n) is 4.44. The number of aliphatic imine (C=N–C) groups is 1. The van der Waals surface area contributed by atoms with Crippen molar-refractivity contribution >= 4 is 34.6 Å². The molecule has 3 aromatic rings. The van der Waals surface area contributed by atoms with Crippen LogP contribution in [0, 0.1) is 11.6 Å². The molecule has 2 atom stereocenters. The zero-order chi connectivity index (χ0) is 21.1. The minimum Gasteiger partial charge on any atom is -0.371 e. The molecule has 3 aliphatic heterocycles. The van der Waals surface area contributed by atoms with Crippen LogP contribution in [0.2, 0.25) is 5.15 Å². The predicted molar refractivity (Wildman–Crippen MR) is 113 cm³/mol. The molecule has 7 nitrogen and oxygen atoms in total. The topological polar surface area (TPSA) is 78.4 Å². The quantitative estimate of drug-likeness (QED) is 0.619. The summed E-state index contributed by atoms with van der Waals surface area (Å²) in [5.41, 5.74) is 1.85. The molecule has 31 heavy (non-hydrogen) atoms. The van der Waals surface area contributed by atoms with Gasteiger partial charge in [-0.1, -0.05) is 17.7 Å². The number of amidine groups is 1. The average molecular weight is 443 g/mol. The smallest absolute Gasteiger partial charge is 0.177 e. The fraction of sp³-hybridized carbons (Fsp3) is 0.286. The van der Waals surface area contributed by atoms with Gasteiger partial charge in [0, 0.05) is 18.7 Å². The molecule has 0 spiro atoms. The van der Waals surface area contributed by atoms with Gasteiger partial charge in [-0.05, 0) is 31.0 Å². The summed E-state index contributed by atoms with van der Waals surface area (Å²) in [5.74, 6) is -0.677. The van der Waals surface area contributed by atoms with E-state index in [4.69, 9.17) is 16.3 Å². The summed E-state index contributed by atoms with van der Waals surface area (Å²) in [7, 11) is 0. The monoisotopic (exact) mass is 442 g/mol. The lowest BCUT2D eigenvalue weighted by Crippen LogP contribution is -2.43. The first kappa shape index (κ1) is 18.7. The Hall–Kier alpha value is -3.04. The van der Waals surface area contributed by atoms with Crippen molar-refractivity contribution in [1.29, 1.82) is 0 Å². The molecule has 0 amide bonds. The summed E-state index contributed by atoms with van der Waals surface area (Å²) >= 11 is 6.26. The summed E-state index contributed by atoms with van der Waals surface area (Å²) in [4.78, 5) is 11.2. The van der Waals surface area contributed by atoms with Crippen molar-refractivity contribution in [3.05, 3.63) is 52.8 Å². The maximum absolute atomic E-state index is 14.5. The number of hydrogen-bond acceptors (Lipinski definition) is 6. The summed E-state index contributed by atoms with van der Waals surface area (Å²) in [6.45, 7) is 1.54. The third-order valence-corrected chi connectivity index (χ3v) is 6.16. The Morgan fingerprint density at radius 2 is 1.87 bits per heavy atom. The highest BCUT2D eigenvalue weighted by atomic mass is 35.5. The molecule has 2 aromatic heterocycles. The van der Waals surface area contributed by atoms with Gasteiger partial charge in [0.1, 0.15) is 29.0 Å². The Bertz CT molecular complexity index is 1200. The van der Waals surface area contributed by atoms with Gasteiger partial charge < -0.3 is 15.0 Å². The van der Waals surface area contributed by atoms with Crippen LogP contribution in [0.25, 0.3) is 11.3 Å². The van der Waals surface area contributed by atoms with E-state index in [1.54, 1.807) is 6.20 Å². The number of H-pyrrole nitrogens is 1. The highest BCUT2D eigenvalue weighted by Crippen LogP contribution is 2.42. The van der Waals surface area contributed by atoms with E-state index in [9.17, 15) is 8.78 Å². The highest BCUT2D eigenvalue weighted by Gasteiger charge is 2.35. The lowest BCUT2D eigenvalue weighted by Gasteiger charge is -2.33. The first-order valence-electron chi connectivity index (χ1n) is 10.0. The van der Waals surface area contributed by atoms with Gasteiger partial charge in [0.2, 0.25) is 0 Å². The van der Waals surface area contributed by atoms with Crippen LogP contribution in [0.5, 0.6) is 0 Å². The number of anilines is 2. The molecule has 10 heteroatoms. The number of pyridine rings is 1. The Kier molecular flexibility index (Phi) is 4.22. The fourth-order valence-corrected chi connectivity index (χ4v) is 4.62. The van der Waals surface area contributed by atoms with E-state index in [1.165, 1.54) is 18.2 Å². The van der Waals surface area contributed by atoms with Crippen LogP contribution >= 0.6 is 11.6 Å². The number of nitrogens with one attached hydrogen (secondary N) is 2. The number of aromatic nitrogens is 3. The predicted octanol–water partition coefficient (Wildman–Crippen LogP) is 4.27. The van der Waals surface area contributed by atoms with Crippen LogP contribution in [0.15, 0.2) is 35.5 Å². The molecule has 6 rings (SSSR count). The number of morpholine rings is 1. The number of ether oxygens (including phenoxy) is 1. The second kappa shape index (κ2) is 7.00. The van der Waals surface area contributed by atoms with E-state index in [0.717, 1.165) is 31.7 Å². The third kappa shape index (κ3) is 3.07. The van der Waals surface area contributed by atoms with Crippen LogP contribution in [-0.4, -0.2) is 46.3 Å². The molecule has 0 radical (unpaired) electrons. The maximum atomic E-state index is 14.5. The zero-order valence-corrected chi connectivity index (χ0v) is 17.0. The first-order valence-corrected chi connectivity index (χ1v) is 10.4. The maximum Gasteiger partial charge on any atom is 0.177 e. The standard InChI is InChI=1S/C21H17ClF2N6O/c22-20-19-18(28-29-20)12-6-16(30-8-10-4-5-11(9-30)31-10)25-7-15(12)26-21(27-19)17-13(23)2-1-3-14(17)24/h1-3,6-7,10-11H,4-5,8-9H2,(H,26,27)(H,28,29). The van der Waals surface area contributed by atoms with Crippen molar-refractivity contribution in [2.45, 2.75) is 25.0 Å². The summed E-state index contributed by atoms with van der Waals surface area (Å²) in [6.07, 6.45) is 4.18. The molecule has 2 saturated heterocycles. The minimum atomic E-state index is -0.732. The highest BCUT2D eigenvalue weighted by molar-refractivity contribution is 6.33. The molecule has 2 unspecified atom stereocenters. The molecule has 3 aliphatic rings. The van der Waals surface area contributed by atoms with E-state index in [1.807, 2.05) is 6.07 Å².